The molecule has 1 aromatic rings. The summed E-state index contributed by atoms with van der Waals surface area (Å²) >= 11 is 0. The predicted octanol–water partition coefficient (Wildman–Crippen LogP) is 3.06. The number of hydrogen-bond acceptors (Lipinski definition) is 2. The maximum Gasteiger partial charge on any atom is 0.0994 e. The average Bonchev–Trinajstić information content (AvgIpc) is 2.29. The first-order valence-electron chi connectivity index (χ1n) is 5.57. The minimum absolute atomic E-state index is 0.333. The van der Waals surface area contributed by atoms with Crippen LogP contribution in [-0.4, -0.2) is 24.8 Å². The maximum absolute atomic E-state index is 5.23. The van der Waals surface area contributed by atoms with E-state index < -0.39 is 0 Å². The van der Waals surface area contributed by atoms with Crippen LogP contribution >= 0.6 is 0 Å². The van der Waals surface area contributed by atoms with Crippen LogP contribution < -0.4 is 0 Å². The van der Waals surface area contributed by atoms with Crippen LogP contribution in [0.1, 0.15) is 19.4 Å². The molecule has 0 spiro atoms. The summed E-state index contributed by atoms with van der Waals surface area (Å²) < 4.78 is 5.23. The zero-order valence-corrected chi connectivity index (χ0v) is 10.4. The number of rotatable bonds is 6. The van der Waals surface area contributed by atoms with Gasteiger partial charge in [0.25, 0.3) is 0 Å². The molecular formula is C14H21NO. The van der Waals surface area contributed by atoms with Crippen LogP contribution in [-0.2, 0) is 11.3 Å². The Morgan fingerprint density at radius 3 is 2.50 bits per heavy atom. The Hall–Kier alpha value is -1.12. The first-order chi connectivity index (χ1) is 7.65. The Kier molecular flexibility index (Phi) is 5.23. The molecule has 1 atom stereocenters. The lowest BCUT2D eigenvalue weighted by atomic mass is 10.1. The van der Waals surface area contributed by atoms with Gasteiger partial charge in [-0.2, -0.15) is 0 Å². The molecule has 2 heteroatoms. The smallest absolute Gasteiger partial charge is 0.0994 e. The SMILES string of the molecule is C=C(C)[C@H](C)N(COC)Cc1ccccc1. The van der Waals surface area contributed by atoms with Crippen LogP contribution in [0.2, 0.25) is 0 Å². The predicted molar refractivity (Wildman–Crippen MR) is 68.1 cm³/mol. The number of ether oxygens (including phenoxy) is 1. The first kappa shape index (κ1) is 12.9. The van der Waals surface area contributed by atoms with Gasteiger partial charge in [0.05, 0.1) is 6.73 Å². The molecule has 1 rings (SSSR count). The summed E-state index contributed by atoms with van der Waals surface area (Å²) in [4.78, 5) is 2.26. The standard InChI is InChI=1S/C14H21NO/c1-12(2)13(3)15(11-16-4)10-14-8-6-5-7-9-14/h5-9,13H,1,10-11H2,2-4H3/t13-/m0/s1. The second-order valence-corrected chi connectivity index (χ2v) is 4.17. The molecule has 0 aliphatic carbocycles. The molecular weight excluding hydrogens is 198 g/mol. The maximum atomic E-state index is 5.23. The molecule has 2 nitrogen and oxygen atoms in total. The Balaban J connectivity index is 2.68. The van der Waals surface area contributed by atoms with Crippen LogP contribution in [0.5, 0.6) is 0 Å². The molecule has 0 radical (unpaired) electrons. The van der Waals surface area contributed by atoms with Crippen molar-refractivity contribution in [3.05, 3.63) is 48.0 Å². The summed E-state index contributed by atoms with van der Waals surface area (Å²) in [6.45, 7) is 9.73. The van der Waals surface area contributed by atoms with E-state index in [9.17, 15) is 0 Å². The molecule has 88 valence electrons. The molecule has 0 amide bonds. The Labute approximate surface area is 98.5 Å². The van der Waals surface area contributed by atoms with E-state index in [4.69, 9.17) is 4.74 Å². The Morgan fingerprint density at radius 2 is 2.00 bits per heavy atom. The van der Waals surface area contributed by atoms with E-state index in [1.807, 2.05) is 6.07 Å². The summed E-state index contributed by atoms with van der Waals surface area (Å²) in [5.41, 5.74) is 2.46. The molecule has 0 fully saturated rings. The van der Waals surface area contributed by atoms with Crippen molar-refractivity contribution in [3.63, 3.8) is 0 Å². The van der Waals surface area contributed by atoms with E-state index in [0.717, 1.165) is 12.1 Å². The van der Waals surface area contributed by atoms with Crippen LogP contribution in [0.15, 0.2) is 42.5 Å². The van der Waals surface area contributed by atoms with Crippen LogP contribution in [0.4, 0.5) is 0 Å². The van der Waals surface area contributed by atoms with E-state index in [0.29, 0.717) is 12.8 Å². The topological polar surface area (TPSA) is 12.5 Å². The van der Waals surface area contributed by atoms with E-state index in [1.165, 1.54) is 5.56 Å². The van der Waals surface area contributed by atoms with Crippen molar-refractivity contribution >= 4 is 0 Å². The lowest BCUT2D eigenvalue weighted by Crippen LogP contribution is -2.34. The number of nitrogens with zero attached hydrogens (tertiary/aromatic N) is 1. The van der Waals surface area contributed by atoms with Gasteiger partial charge in [-0.05, 0) is 19.4 Å². The monoisotopic (exact) mass is 219 g/mol. The molecule has 0 unspecified atom stereocenters. The van der Waals surface area contributed by atoms with Crippen molar-refractivity contribution in [1.82, 2.24) is 4.90 Å². The van der Waals surface area contributed by atoms with Gasteiger partial charge < -0.3 is 4.74 Å². The summed E-state index contributed by atoms with van der Waals surface area (Å²) in [7, 11) is 1.73. The summed E-state index contributed by atoms with van der Waals surface area (Å²) in [5, 5.41) is 0. The van der Waals surface area contributed by atoms with Crippen molar-refractivity contribution in [2.45, 2.75) is 26.4 Å². The molecule has 0 aliphatic heterocycles. The highest BCUT2D eigenvalue weighted by atomic mass is 16.5. The van der Waals surface area contributed by atoms with Crippen LogP contribution in [0, 0.1) is 0 Å². The third-order valence-corrected chi connectivity index (χ3v) is 2.78. The lowest BCUT2D eigenvalue weighted by Gasteiger charge is -2.28. The van der Waals surface area contributed by atoms with Gasteiger partial charge in [-0.1, -0.05) is 42.5 Å². The van der Waals surface area contributed by atoms with Gasteiger partial charge in [0.2, 0.25) is 0 Å². The minimum atomic E-state index is 0.333. The minimum Gasteiger partial charge on any atom is -0.369 e. The van der Waals surface area contributed by atoms with Gasteiger partial charge in [-0.15, -0.1) is 0 Å². The highest BCUT2D eigenvalue weighted by molar-refractivity contribution is 5.15. The summed E-state index contributed by atoms with van der Waals surface area (Å²) in [5.74, 6) is 0. The zero-order valence-electron chi connectivity index (χ0n) is 10.4. The van der Waals surface area contributed by atoms with E-state index >= 15 is 0 Å². The van der Waals surface area contributed by atoms with E-state index in [2.05, 4.69) is 49.6 Å². The van der Waals surface area contributed by atoms with Gasteiger partial charge in [0.1, 0.15) is 0 Å². The quantitative estimate of drug-likeness (QED) is 0.538. The highest BCUT2D eigenvalue weighted by Gasteiger charge is 2.14. The van der Waals surface area contributed by atoms with Crippen molar-refractivity contribution in [2.75, 3.05) is 13.8 Å². The van der Waals surface area contributed by atoms with Gasteiger partial charge >= 0.3 is 0 Å². The largest absolute Gasteiger partial charge is 0.369 e. The second-order valence-electron chi connectivity index (χ2n) is 4.17. The first-order valence-corrected chi connectivity index (χ1v) is 5.57. The fourth-order valence-corrected chi connectivity index (χ4v) is 1.59. The molecule has 0 saturated heterocycles. The zero-order chi connectivity index (χ0) is 12.0. The molecule has 1 aromatic carbocycles. The van der Waals surface area contributed by atoms with E-state index in [-0.39, 0.29) is 0 Å². The molecule has 0 saturated carbocycles. The van der Waals surface area contributed by atoms with Gasteiger partial charge in [-0.25, -0.2) is 0 Å². The molecule has 0 aliphatic rings. The molecule has 0 heterocycles. The third-order valence-electron chi connectivity index (χ3n) is 2.78. The molecule has 16 heavy (non-hydrogen) atoms. The van der Waals surface area contributed by atoms with Gasteiger partial charge in [0.15, 0.2) is 0 Å². The molecule has 0 N–H and O–H groups in total. The van der Waals surface area contributed by atoms with E-state index in [1.54, 1.807) is 7.11 Å². The van der Waals surface area contributed by atoms with Gasteiger partial charge in [-0.3, -0.25) is 4.90 Å². The second kappa shape index (κ2) is 6.46. The average molecular weight is 219 g/mol. The molecule has 0 bridgehead atoms. The third kappa shape index (κ3) is 3.80. The Morgan fingerprint density at radius 1 is 1.38 bits per heavy atom. The normalized spacial score (nSPS) is 12.8. The summed E-state index contributed by atoms with van der Waals surface area (Å²) in [6, 6.07) is 10.8. The van der Waals surface area contributed by atoms with Crippen molar-refractivity contribution in [3.8, 4) is 0 Å². The van der Waals surface area contributed by atoms with Crippen LogP contribution in [0.3, 0.4) is 0 Å². The fourth-order valence-electron chi connectivity index (χ4n) is 1.59. The number of hydrogen-bond donors (Lipinski definition) is 0. The van der Waals surface area contributed by atoms with Gasteiger partial charge in [0, 0.05) is 19.7 Å². The number of methoxy groups -OCH3 is 1. The van der Waals surface area contributed by atoms with Crippen molar-refractivity contribution < 1.29 is 4.74 Å². The van der Waals surface area contributed by atoms with Crippen molar-refractivity contribution in [1.29, 1.82) is 0 Å². The fraction of sp³-hybridized carbons (Fsp3) is 0.429. The Bertz CT molecular complexity index is 321. The lowest BCUT2D eigenvalue weighted by molar-refractivity contribution is 0.0415. The number of benzene rings is 1. The highest BCUT2D eigenvalue weighted by Crippen LogP contribution is 2.12. The molecule has 0 aromatic heterocycles. The van der Waals surface area contributed by atoms with Crippen molar-refractivity contribution in [2.24, 2.45) is 0 Å². The summed E-state index contributed by atoms with van der Waals surface area (Å²) in [6.07, 6.45) is 0. The van der Waals surface area contributed by atoms with Crippen LogP contribution in [0.25, 0.3) is 0 Å².